The third kappa shape index (κ3) is 2.49. The molecule has 0 spiro atoms. The van der Waals surface area contributed by atoms with Crippen LogP contribution in [-0.2, 0) is 0 Å². The molecule has 1 aromatic heterocycles. The van der Waals surface area contributed by atoms with Gasteiger partial charge in [-0.2, -0.15) is 0 Å². The summed E-state index contributed by atoms with van der Waals surface area (Å²) in [6.07, 6.45) is 0.946. The fraction of sp³-hybridized carbons (Fsp3) is 0.500. The van der Waals surface area contributed by atoms with Gasteiger partial charge in [-0.25, -0.2) is 4.63 Å². The van der Waals surface area contributed by atoms with E-state index < -0.39 is 4.92 Å². The summed E-state index contributed by atoms with van der Waals surface area (Å²) >= 11 is 0. The second kappa shape index (κ2) is 5.21. The molecule has 0 saturated carbocycles. The Morgan fingerprint density at radius 3 is 2.63 bits per heavy atom. The Labute approximate surface area is 110 Å². The fourth-order valence-corrected chi connectivity index (χ4v) is 2.06. The molecule has 0 saturated heterocycles. The summed E-state index contributed by atoms with van der Waals surface area (Å²) in [4.78, 5) is 10.4. The summed E-state index contributed by atoms with van der Waals surface area (Å²) in [7, 11) is 0. The van der Waals surface area contributed by atoms with Crippen LogP contribution in [0.2, 0.25) is 0 Å². The van der Waals surface area contributed by atoms with Crippen molar-refractivity contribution in [2.24, 2.45) is 5.92 Å². The van der Waals surface area contributed by atoms with Crippen molar-refractivity contribution in [3.05, 3.63) is 22.2 Å². The number of rotatable bonds is 5. The molecular formula is C12H16N4O3. The second-order valence-electron chi connectivity index (χ2n) is 4.75. The summed E-state index contributed by atoms with van der Waals surface area (Å²) in [5.74, 6) is 0.440. The number of nitrogens with zero attached hydrogens (tertiary/aromatic N) is 3. The van der Waals surface area contributed by atoms with Crippen molar-refractivity contribution in [3.63, 3.8) is 0 Å². The molecule has 7 heteroatoms. The van der Waals surface area contributed by atoms with Gasteiger partial charge in [0.2, 0.25) is 5.52 Å². The molecule has 0 aliphatic carbocycles. The number of anilines is 1. The minimum Gasteiger partial charge on any atom is -0.380 e. The third-order valence-corrected chi connectivity index (χ3v) is 3.18. The lowest BCUT2D eigenvalue weighted by Gasteiger charge is -2.21. The van der Waals surface area contributed by atoms with Crippen molar-refractivity contribution < 1.29 is 9.55 Å². The van der Waals surface area contributed by atoms with Gasteiger partial charge >= 0.3 is 5.69 Å². The van der Waals surface area contributed by atoms with E-state index in [9.17, 15) is 10.1 Å². The highest BCUT2D eigenvalue weighted by molar-refractivity contribution is 5.93. The summed E-state index contributed by atoms with van der Waals surface area (Å²) < 4.78 is 4.63. The van der Waals surface area contributed by atoms with Gasteiger partial charge in [0.05, 0.1) is 10.6 Å². The summed E-state index contributed by atoms with van der Waals surface area (Å²) in [5, 5.41) is 21.6. The predicted molar refractivity (Wildman–Crippen MR) is 71.0 cm³/mol. The van der Waals surface area contributed by atoms with Crippen LogP contribution < -0.4 is 5.32 Å². The van der Waals surface area contributed by atoms with Gasteiger partial charge in [-0.3, -0.25) is 10.1 Å². The molecule has 0 bridgehead atoms. The standard InChI is InChI=1S/C12H16N4O3/c1-4-8(7(2)3)13-9-5-6-10(16(17)18)12-11(9)14-19-15-12/h5-8,13H,4H2,1-3H3. The Bertz CT molecular complexity index is 594. The zero-order chi connectivity index (χ0) is 14.0. The number of hydrogen-bond donors (Lipinski definition) is 1. The Morgan fingerprint density at radius 1 is 1.37 bits per heavy atom. The molecule has 102 valence electrons. The molecule has 7 nitrogen and oxygen atoms in total. The highest BCUT2D eigenvalue weighted by Gasteiger charge is 2.21. The topological polar surface area (TPSA) is 94.1 Å². The van der Waals surface area contributed by atoms with Crippen molar-refractivity contribution in [3.8, 4) is 0 Å². The van der Waals surface area contributed by atoms with E-state index in [2.05, 4.69) is 41.0 Å². The van der Waals surface area contributed by atoms with Crippen LogP contribution in [0.15, 0.2) is 16.8 Å². The lowest BCUT2D eigenvalue weighted by molar-refractivity contribution is -0.383. The van der Waals surface area contributed by atoms with Crippen LogP contribution in [0.1, 0.15) is 27.2 Å². The molecule has 0 radical (unpaired) electrons. The molecule has 1 N–H and O–H groups in total. The van der Waals surface area contributed by atoms with Crippen LogP contribution in [0.25, 0.3) is 11.0 Å². The van der Waals surface area contributed by atoms with E-state index >= 15 is 0 Å². The molecule has 19 heavy (non-hydrogen) atoms. The van der Waals surface area contributed by atoms with Crippen LogP contribution >= 0.6 is 0 Å². The quantitative estimate of drug-likeness (QED) is 0.659. The normalized spacial score (nSPS) is 12.8. The maximum Gasteiger partial charge on any atom is 0.300 e. The van der Waals surface area contributed by atoms with Gasteiger partial charge in [-0.15, -0.1) is 0 Å². The lowest BCUT2D eigenvalue weighted by Crippen LogP contribution is -2.24. The number of non-ortho nitro benzene ring substituents is 1. The summed E-state index contributed by atoms with van der Waals surface area (Å²) in [5.41, 5.74) is 1.18. The molecule has 1 aromatic carbocycles. The number of aromatic nitrogens is 2. The number of fused-ring (bicyclic) bond motifs is 1. The number of hydrogen-bond acceptors (Lipinski definition) is 6. The van der Waals surface area contributed by atoms with Crippen LogP contribution in [0, 0.1) is 16.0 Å². The highest BCUT2D eigenvalue weighted by atomic mass is 16.6. The molecular weight excluding hydrogens is 248 g/mol. The van der Waals surface area contributed by atoms with Crippen LogP contribution in [0.3, 0.4) is 0 Å². The SMILES string of the molecule is CCC(Nc1ccc([N+](=O)[O-])c2nonc12)C(C)C. The van der Waals surface area contributed by atoms with Crippen molar-refractivity contribution in [1.82, 2.24) is 10.3 Å². The molecule has 2 rings (SSSR count). The zero-order valence-corrected chi connectivity index (χ0v) is 11.1. The van der Waals surface area contributed by atoms with E-state index in [4.69, 9.17) is 0 Å². The first-order valence-electron chi connectivity index (χ1n) is 6.20. The van der Waals surface area contributed by atoms with E-state index in [1.165, 1.54) is 6.07 Å². The Balaban J connectivity index is 2.43. The van der Waals surface area contributed by atoms with Crippen molar-refractivity contribution >= 4 is 22.4 Å². The fourth-order valence-electron chi connectivity index (χ4n) is 2.06. The molecule has 0 aliphatic heterocycles. The second-order valence-corrected chi connectivity index (χ2v) is 4.75. The van der Waals surface area contributed by atoms with Crippen LogP contribution in [-0.4, -0.2) is 21.3 Å². The van der Waals surface area contributed by atoms with Gasteiger partial charge in [-0.05, 0) is 28.7 Å². The molecule has 1 atom stereocenters. The molecule has 1 unspecified atom stereocenters. The zero-order valence-electron chi connectivity index (χ0n) is 11.1. The number of nitro benzene ring substituents is 1. The van der Waals surface area contributed by atoms with Crippen molar-refractivity contribution in [2.75, 3.05) is 5.32 Å². The summed E-state index contributed by atoms with van der Waals surface area (Å²) in [6.45, 7) is 6.32. The van der Waals surface area contributed by atoms with Crippen LogP contribution in [0.4, 0.5) is 11.4 Å². The first-order valence-corrected chi connectivity index (χ1v) is 6.20. The van der Waals surface area contributed by atoms with Gasteiger partial charge in [0.25, 0.3) is 0 Å². The smallest absolute Gasteiger partial charge is 0.300 e. The maximum absolute atomic E-state index is 10.9. The van der Waals surface area contributed by atoms with E-state index in [1.807, 2.05) is 0 Å². The maximum atomic E-state index is 10.9. The first-order chi connectivity index (χ1) is 9.04. The summed E-state index contributed by atoms with van der Waals surface area (Å²) in [6, 6.07) is 3.33. The van der Waals surface area contributed by atoms with Gasteiger partial charge in [0.1, 0.15) is 0 Å². The van der Waals surface area contributed by atoms with E-state index in [0.717, 1.165) is 6.42 Å². The van der Waals surface area contributed by atoms with Gasteiger partial charge < -0.3 is 5.32 Å². The Hall–Kier alpha value is -2.18. The van der Waals surface area contributed by atoms with Crippen molar-refractivity contribution in [2.45, 2.75) is 33.2 Å². The Kier molecular flexibility index (Phi) is 3.64. The minimum atomic E-state index is -0.490. The average Bonchev–Trinajstić information content (AvgIpc) is 2.84. The molecule has 0 amide bonds. The highest BCUT2D eigenvalue weighted by Crippen LogP contribution is 2.29. The average molecular weight is 264 g/mol. The molecule has 0 aliphatic rings. The number of nitro groups is 1. The number of nitrogens with one attached hydrogen (secondary N) is 1. The lowest BCUT2D eigenvalue weighted by atomic mass is 10.0. The predicted octanol–water partition coefficient (Wildman–Crippen LogP) is 2.98. The Morgan fingerprint density at radius 2 is 2.05 bits per heavy atom. The third-order valence-electron chi connectivity index (χ3n) is 3.18. The van der Waals surface area contributed by atoms with Crippen LogP contribution in [0.5, 0.6) is 0 Å². The molecule has 2 aromatic rings. The minimum absolute atomic E-state index is 0.0978. The van der Waals surface area contributed by atoms with E-state index in [-0.39, 0.29) is 17.2 Å². The number of benzene rings is 1. The largest absolute Gasteiger partial charge is 0.380 e. The van der Waals surface area contributed by atoms with E-state index in [0.29, 0.717) is 17.1 Å². The molecule has 1 heterocycles. The van der Waals surface area contributed by atoms with Gasteiger partial charge in [0, 0.05) is 12.1 Å². The first kappa shape index (κ1) is 13.3. The van der Waals surface area contributed by atoms with E-state index in [1.54, 1.807) is 6.07 Å². The monoisotopic (exact) mass is 264 g/mol. The van der Waals surface area contributed by atoms with Gasteiger partial charge in [-0.1, -0.05) is 20.8 Å². The van der Waals surface area contributed by atoms with Gasteiger partial charge in [0.15, 0.2) is 5.52 Å². The molecule has 0 fully saturated rings. The van der Waals surface area contributed by atoms with Crippen molar-refractivity contribution in [1.29, 1.82) is 0 Å².